The van der Waals surface area contributed by atoms with E-state index in [1.165, 1.54) is 0 Å². The van der Waals surface area contributed by atoms with Crippen LogP contribution in [0.2, 0.25) is 0 Å². The van der Waals surface area contributed by atoms with Crippen molar-refractivity contribution in [3.8, 4) is 0 Å². The third-order valence-corrected chi connectivity index (χ3v) is 3.39. The van der Waals surface area contributed by atoms with Gasteiger partial charge in [-0.25, -0.2) is 9.97 Å². The van der Waals surface area contributed by atoms with E-state index in [1.807, 2.05) is 25.1 Å². The first-order valence-electron chi connectivity index (χ1n) is 5.74. The Kier molecular flexibility index (Phi) is 4.34. The topological polar surface area (TPSA) is 73.1 Å². The minimum Gasteiger partial charge on any atom is -0.384 e. The normalized spacial score (nSPS) is 10.5. The molecule has 5 nitrogen and oxygen atoms in total. The zero-order valence-electron chi connectivity index (χ0n) is 10.8. The molecule has 0 spiro atoms. The van der Waals surface area contributed by atoms with Crippen molar-refractivity contribution in [2.24, 2.45) is 0 Å². The summed E-state index contributed by atoms with van der Waals surface area (Å²) in [6.07, 6.45) is 0. The lowest BCUT2D eigenvalue weighted by atomic mass is 10.2. The average molecular weight is 323 g/mol. The number of nitrogens with one attached hydrogen (secondary N) is 1. The van der Waals surface area contributed by atoms with Gasteiger partial charge in [0, 0.05) is 23.3 Å². The standard InChI is InChI=1S/C13H15BrN4O/c1-8-5-9(3-4-10(8)14)16-12-6-11(15)17-13(18-12)7-19-2/h3-6H,7H2,1-2H3,(H3,15,16,17,18). The first kappa shape index (κ1) is 13.8. The second kappa shape index (κ2) is 5.99. The number of hydrogen-bond donors (Lipinski definition) is 2. The van der Waals surface area contributed by atoms with E-state index >= 15 is 0 Å². The molecule has 19 heavy (non-hydrogen) atoms. The van der Waals surface area contributed by atoms with Gasteiger partial charge >= 0.3 is 0 Å². The Balaban J connectivity index is 2.24. The van der Waals surface area contributed by atoms with E-state index in [0.29, 0.717) is 24.1 Å². The molecule has 3 N–H and O–H groups in total. The zero-order chi connectivity index (χ0) is 13.8. The molecule has 0 radical (unpaired) electrons. The van der Waals surface area contributed by atoms with Crippen LogP contribution in [0.3, 0.4) is 0 Å². The van der Waals surface area contributed by atoms with Crippen LogP contribution < -0.4 is 11.1 Å². The quantitative estimate of drug-likeness (QED) is 0.905. The predicted molar refractivity (Wildman–Crippen MR) is 79.3 cm³/mol. The van der Waals surface area contributed by atoms with Gasteiger partial charge < -0.3 is 15.8 Å². The lowest BCUT2D eigenvalue weighted by Gasteiger charge is -2.09. The predicted octanol–water partition coefficient (Wildman–Crippen LogP) is 3.02. The fourth-order valence-corrected chi connectivity index (χ4v) is 1.89. The number of benzene rings is 1. The molecule has 2 rings (SSSR count). The van der Waals surface area contributed by atoms with Gasteiger partial charge in [0.05, 0.1) is 0 Å². The fourth-order valence-electron chi connectivity index (χ4n) is 1.65. The number of nitrogens with zero attached hydrogens (tertiary/aromatic N) is 2. The lowest BCUT2D eigenvalue weighted by Crippen LogP contribution is -2.04. The summed E-state index contributed by atoms with van der Waals surface area (Å²) in [5, 5.41) is 3.20. The third kappa shape index (κ3) is 3.65. The molecule has 100 valence electrons. The molecule has 1 aromatic heterocycles. The van der Waals surface area contributed by atoms with Crippen molar-refractivity contribution in [1.82, 2.24) is 9.97 Å². The van der Waals surface area contributed by atoms with Crippen molar-refractivity contribution in [3.63, 3.8) is 0 Å². The van der Waals surface area contributed by atoms with E-state index in [1.54, 1.807) is 13.2 Å². The van der Waals surface area contributed by atoms with Gasteiger partial charge in [-0.2, -0.15) is 0 Å². The first-order chi connectivity index (χ1) is 9.08. The highest BCUT2D eigenvalue weighted by molar-refractivity contribution is 9.10. The number of halogens is 1. The fraction of sp³-hybridized carbons (Fsp3) is 0.231. The van der Waals surface area contributed by atoms with Gasteiger partial charge in [0.25, 0.3) is 0 Å². The minimum absolute atomic E-state index is 0.332. The Hall–Kier alpha value is -1.66. The van der Waals surface area contributed by atoms with Gasteiger partial charge in [0.1, 0.15) is 18.2 Å². The van der Waals surface area contributed by atoms with E-state index < -0.39 is 0 Å². The van der Waals surface area contributed by atoms with Crippen molar-refractivity contribution in [3.05, 3.63) is 40.1 Å². The molecule has 0 aliphatic heterocycles. The maximum absolute atomic E-state index is 5.74. The Morgan fingerprint density at radius 2 is 2.11 bits per heavy atom. The first-order valence-corrected chi connectivity index (χ1v) is 6.53. The third-order valence-electron chi connectivity index (χ3n) is 2.50. The Labute approximate surface area is 120 Å². The number of nitrogen functional groups attached to an aromatic ring is 1. The lowest BCUT2D eigenvalue weighted by molar-refractivity contribution is 0.178. The molecule has 0 bridgehead atoms. The molecule has 2 aromatic rings. The van der Waals surface area contributed by atoms with Crippen LogP contribution in [0.4, 0.5) is 17.3 Å². The van der Waals surface area contributed by atoms with Gasteiger partial charge in [0.15, 0.2) is 5.82 Å². The van der Waals surface area contributed by atoms with E-state index in [2.05, 4.69) is 31.2 Å². The minimum atomic E-state index is 0.332. The summed E-state index contributed by atoms with van der Waals surface area (Å²) < 4.78 is 6.08. The monoisotopic (exact) mass is 322 g/mol. The number of methoxy groups -OCH3 is 1. The molecule has 0 saturated carbocycles. The molecule has 1 heterocycles. The molecular weight excluding hydrogens is 308 g/mol. The van der Waals surface area contributed by atoms with Crippen molar-refractivity contribution in [1.29, 1.82) is 0 Å². The van der Waals surface area contributed by atoms with Crippen molar-refractivity contribution < 1.29 is 4.74 Å². The highest BCUT2D eigenvalue weighted by Crippen LogP contribution is 2.22. The van der Waals surface area contributed by atoms with E-state index in [9.17, 15) is 0 Å². The van der Waals surface area contributed by atoms with Gasteiger partial charge in [0.2, 0.25) is 0 Å². The number of aromatic nitrogens is 2. The van der Waals surface area contributed by atoms with E-state index in [0.717, 1.165) is 15.7 Å². The Bertz CT molecular complexity index is 589. The van der Waals surface area contributed by atoms with E-state index in [-0.39, 0.29) is 0 Å². The number of nitrogens with two attached hydrogens (primary N) is 1. The molecule has 0 unspecified atom stereocenters. The van der Waals surface area contributed by atoms with Crippen LogP contribution >= 0.6 is 15.9 Å². The van der Waals surface area contributed by atoms with Crippen molar-refractivity contribution in [2.75, 3.05) is 18.2 Å². The summed E-state index contributed by atoms with van der Waals surface area (Å²) in [6, 6.07) is 7.67. The van der Waals surface area contributed by atoms with E-state index in [4.69, 9.17) is 10.5 Å². The van der Waals surface area contributed by atoms with Crippen molar-refractivity contribution >= 4 is 33.3 Å². The molecule has 0 saturated heterocycles. The van der Waals surface area contributed by atoms with Crippen LogP contribution in [0.25, 0.3) is 0 Å². The van der Waals surface area contributed by atoms with Gasteiger partial charge in [-0.3, -0.25) is 0 Å². The summed E-state index contributed by atoms with van der Waals surface area (Å²) >= 11 is 3.47. The highest BCUT2D eigenvalue weighted by Gasteiger charge is 2.04. The van der Waals surface area contributed by atoms with Gasteiger partial charge in [-0.15, -0.1) is 0 Å². The maximum Gasteiger partial charge on any atom is 0.158 e. The van der Waals surface area contributed by atoms with Gasteiger partial charge in [-0.1, -0.05) is 15.9 Å². The van der Waals surface area contributed by atoms with Crippen LogP contribution in [-0.4, -0.2) is 17.1 Å². The summed E-state index contributed by atoms with van der Waals surface area (Å²) in [4.78, 5) is 8.42. The summed E-state index contributed by atoms with van der Waals surface area (Å²) in [7, 11) is 1.59. The van der Waals surface area contributed by atoms with Crippen molar-refractivity contribution in [2.45, 2.75) is 13.5 Å². The van der Waals surface area contributed by atoms with Crippen LogP contribution in [0.5, 0.6) is 0 Å². The summed E-state index contributed by atoms with van der Waals surface area (Å²) in [6.45, 7) is 2.36. The highest BCUT2D eigenvalue weighted by atomic mass is 79.9. The maximum atomic E-state index is 5.74. The number of aryl methyl sites for hydroxylation is 1. The summed E-state index contributed by atoms with van der Waals surface area (Å²) in [5.41, 5.74) is 7.83. The molecule has 0 fully saturated rings. The number of rotatable bonds is 4. The molecule has 0 amide bonds. The molecular formula is C13H15BrN4O. The van der Waals surface area contributed by atoms with Crippen LogP contribution in [0, 0.1) is 6.92 Å². The number of anilines is 3. The van der Waals surface area contributed by atoms with Crippen LogP contribution in [-0.2, 0) is 11.3 Å². The Morgan fingerprint density at radius 1 is 1.32 bits per heavy atom. The molecule has 1 aromatic carbocycles. The zero-order valence-corrected chi connectivity index (χ0v) is 12.4. The van der Waals surface area contributed by atoms with Crippen LogP contribution in [0.15, 0.2) is 28.7 Å². The molecule has 6 heteroatoms. The summed E-state index contributed by atoms with van der Waals surface area (Å²) in [5.74, 6) is 1.62. The smallest absolute Gasteiger partial charge is 0.158 e. The molecule has 0 aliphatic carbocycles. The average Bonchev–Trinajstić information content (AvgIpc) is 2.33. The van der Waals surface area contributed by atoms with Gasteiger partial charge in [-0.05, 0) is 30.7 Å². The largest absolute Gasteiger partial charge is 0.384 e. The van der Waals surface area contributed by atoms with Crippen LogP contribution in [0.1, 0.15) is 11.4 Å². The SMILES string of the molecule is COCc1nc(N)cc(Nc2ccc(Br)c(C)c2)n1. The second-order valence-electron chi connectivity index (χ2n) is 4.12. The molecule has 0 aliphatic rings. The molecule has 0 atom stereocenters. The Morgan fingerprint density at radius 3 is 2.79 bits per heavy atom. The number of ether oxygens (including phenoxy) is 1. The number of hydrogen-bond acceptors (Lipinski definition) is 5. The second-order valence-corrected chi connectivity index (χ2v) is 4.97.